The highest BCUT2D eigenvalue weighted by molar-refractivity contribution is 7.09. The van der Waals surface area contributed by atoms with Crippen LogP contribution in [0.4, 0.5) is 5.13 Å². The normalized spacial score (nSPS) is 14.5. The van der Waals surface area contributed by atoms with Crippen LogP contribution < -0.4 is 11.0 Å². The molecule has 0 saturated carbocycles. The number of carbonyl (C=O) groups is 1. The van der Waals surface area contributed by atoms with E-state index in [1.807, 2.05) is 0 Å². The Morgan fingerprint density at radius 1 is 1.38 bits per heavy atom. The van der Waals surface area contributed by atoms with Crippen LogP contribution in [0.2, 0.25) is 0 Å². The van der Waals surface area contributed by atoms with Gasteiger partial charge in [-0.15, -0.1) is 0 Å². The molecular formula is C12H16N6O2S. The molecule has 112 valence electrons. The van der Waals surface area contributed by atoms with Crippen LogP contribution in [0.1, 0.15) is 30.9 Å². The second kappa shape index (κ2) is 5.76. The lowest BCUT2D eigenvalue weighted by Gasteiger charge is -2.00. The maximum absolute atomic E-state index is 12.2. The molecule has 21 heavy (non-hydrogen) atoms. The van der Waals surface area contributed by atoms with E-state index < -0.39 is 0 Å². The lowest BCUT2D eigenvalue weighted by atomic mass is 10.2. The summed E-state index contributed by atoms with van der Waals surface area (Å²) in [5.74, 6) is 1.07. The molecular weight excluding hydrogens is 292 g/mol. The summed E-state index contributed by atoms with van der Waals surface area (Å²) in [5, 5.41) is 7.34. The Kier molecular flexibility index (Phi) is 3.82. The van der Waals surface area contributed by atoms with E-state index in [1.54, 1.807) is 11.5 Å². The van der Waals surface area contributed by atoms with E-state index in [-0.39, 0.29) is 18.1 Å². The molecule has 8 nitrogen and oxygen atoms in total. The first kappa shape index (κ1) is 13.9. The van der Waals surface area contributed by atoms with Crippen molar-refractivity contribution in [3.63, 3.8) is 0 Å². The summed E-state index contributed by atoms with van der Waals surface area (Å²) in [6.45, 7) is 2.34. The maximum Gasteiger partial charge on any atom is 0.346 e. The van der Waals surface area contributed by atoms with Crippen LogP contribution in [-0.2, 0) is 24.3 Å². The Morgan fingerprint density at radius 3 is 3.00 bits per heavy atom. The highest BCUT2D eigenvalue weighted by Crippen LogP contribution is 2.11. The van der Waals surface area contributed by atoms with Crippen LogP contribution in [0.15, 0.2) is 4.79 Å². The number of carbonyl (C=O) groups excluding carboxylic acids is 1. The Morgan fingerprint density at radius 2 is 2.24 bits per heavy atom. The second-order valence-corrected chi connectivity index (χ2v) is 5.77. The van der Waals surface area contributed by atoms with Crippen LogP contribution >= 0.6 is 11.5 Å². The molecule has 0 aliphatic carbocycles. The molecule has 2 aromatic rings. The van der Waals surface area contributed by atoms with Crippen molar-refractivity contribution < 1.29 is 4.79 Å². The lowest BCUT2D eigenvalue weighted by Crippen LogP contribution is -2.30. The largest absolute Gasteiger partial charge is 0.346 e. The molecule has 0 bridgehead atoms. The van der Waals surface area contributed by atoms with E-state index in [0.717, 1.165) is 43.0 Å². The van der Waals surface area contributed by atoms with Gasteiger partial charge in [-0.25, -0.2) is 14.5 Å². The summed E-state index contributed by atoms with van der Waals surface area (Å²) in [4.78, 5) is 28.2. The number of rotatable bonds is 3. The molecule has 0 fully saturated rings. The smallest absolute Gasteiger partial charge is 0.299 e. The number of nitrogens with zero attached hydrogens (tertiary/aromatic N) is 5. The van der Waals surface area contributed by atoms with Gasteiger partial charge in [0, 0.05) is 24.5 Å². The standard InChI is InChI=1S/C12H16N6O2S/c1-8-13-11(21-16-8)14-10(19)7-18-12(20)17-6-4-2-3-5-9(17)15-18/h2-7H2,1H3,(H,13,14,16,19). The molecule has 1 aliphatic rings. The van der Waals surface area contributed by atoms with Crippen molar-refractivity contribution in [1.29, 1.82) is 0 Å². The first-order chi connectivity index (χ1) is 10.1. The molecule has 0 saturated heterocycles. The molecule has 2 aromatic heterocycles. The fourth-order valence-electron chi connectivity index (χ4n) is 2.37. The highest BCUT2D eigenvalue weighted by atomic mass is 32.1. The summed E-state index contributed by atoms with van der Waals surface area (Å²) in [6, 6.07) is 0. The SMILES string of the molecule is Cc1nsc(NC(=O)Cn2nc3n(c2=O)CCCCC3)n1. The third-order valence-electron chi connectivity index (χ3n) is 3.35. The van der Waals surface area contributed by atoms with Gasteiger partial charge in [-0.2, -0.15) is 9.47 Å². The molecule has 0 radical (unpaired) electrons. The van der Waals surface area contributed by atoms with E-state index in [0.29, 0.717) is 17.5 Å². The summed E-state index contributed by atoms with van der Waals surface area (Å²) < 4.78 is 6.89. The van der Waals surface area contributed by atoms with Crippen molar-refractivity contribution in [2.75, 3.05) is 5.32 Å². The van der Waals surface area contributed by atoms with E-state index >= 15 is 0 Å². The average molecular weight is 308 g/mol. The number of aryl methyl sites for hydroxylation is 2. The van der Waals surface area contributed by atoms with E-state index in [2.05, 4.69) is 19.8 Å². The third kappa shape index (κ3) is 3.02. The average Bonchev–Trinajstić information content (AvgIpc) is 2.86. The zero-order valence-electron chi connectivity index (χ0n) is 11.7. The summed E-state index contributed by atoms with van der Waals surface area (Å²) >= 11 is 1.12. The number of aromatic nitrogens is 5. The number of anilines is 1. The van der Waals surface area contributed by atoms with Crippen molar-refractivity contribution in [3.05, 3.63) is 22.1 Å². The van der Waals surface area contributed by atoms with E-state index in [4.69, 9.17) is 0 Å². The summed E-state index contributed by atoms with van der Waals surface area (Å²) in [5.41, 5.74) is -0.213. The Labute approximate surface area is 125 Å². The van der Waals surface area contributed by atoms with Gasteiger partial charge in [-0.1, -0.05) is 6.42 Å². The highest BCUT2D eigenvalue weighted by Gasteiger charge is 2.17. The van der Waals surface area contributed by atoms with Gasteiger partial charge in [0.15, 0.2) is 0 Å². The molecule has 9 heteroatoms. The minimum absolute atomic E-state index is 0.0997. The second-order valence-electron chi connectivity index (χ2n) is 5.01. The van der Waals surface area contributed by atoms with Gasteiger partial charge in [0.05, 0.1) is 0 Å². The minimum Gasteiger partial charge on any atom is -0.299 e. The predicted molar refractivity (Wildman–Crippen MR) is 77.3 cm³/mol. The topological polar surface area (TPSA) is 94.7 Å². The van der Waals surface area contributed by atoms with Gasteiger partial charge in [0.25, 0.3) is 0 Å². The molecule has 0 atom stereocenters. The number of nitrogens with one attached hydrogen (secondary N) is 1. The first-order valence-corrected chi connectivity index (χ1v) is 7.67. The Bertz CT molecular complexity index is 716. The van der Waals surface area contributed by atoms with Gasteiger partial charge in [0.1, 0.15) is 18.2 Å². The number of hydrogen-bond donors (Lipinski definition) is 1. The van der Waals surface area contributed by atoms with Gasteiger partial charge in [-0.3, -0.25) is 14.7 Å². The number of hydrogen-bond acceptors (Lipinski definition) is 6. The van der Waals surface area contributed by atoms with Crippen LogP contribution in [-0.4, -0.2) is 29.6 Å². The van der Waals surface area contributed by atoms with Crippen LogP contribution in [0, 0.1) is 6.92 Å². The fourth-order valence-corrected chi connectivity index (χ4v) is 2.96. The van der Waals surface area contributed by atoms with Crippen molar-refractivity contribution in [2.45, 2.75) is 45.7 Å². The van der Waals surface area contributed by atoms with Crippen LogP contribution in [0.5, 0.6) is 0 Å². The van der Waals surface area contributed by atoms with Gasteiger partial charge < -0.3 is 0 Å². The number of fused-ring (bicyclic) bond motifs is 1. The first-order valence-electron chi connectivity index (χ1n) is 6.90. The molecule has 3 heterocycles. The molecule has 0 unspecified atom stereocenters. The van der Waals surface area contributed by atoms with Gasteiger partial charge in [-0.05, 0) is 19.8 Å². The summed E-state index contributed by atoms with van der Waals surface area (Å²) in [7, 11) is 0. The monoisotopic (exact) mass is 308 g/mol. The zero-order chi connectivity index (χ0) is 14.8. The zero-order valence-corrected chi connectivity index (χ0v) is 12.5. The molecule has 3 rings (SSSR count). The predicted octanol–water partition coefficient (Wildman–Crippen LogP) is 0.570. The van der Waals surface area contributed by atoms with Gasteiger partial charge >= 0.3 is 5.69 Å². The van der Waals surface area contributed by atoms with Gasteiger partial charge in [0.2, 0.25) is 11.0 Å². The number of amides is 1. The van der Waals surface area contributed by atoms with Crippen molar-refractivity contribution in [3.8, 4) is 0 Å². The lowest BCUT2D eigenvalue weighted by molar-refractivity contribution is -0.117. The fraction of sp³-hybridized carbons (Fsp3) is 0.583. The quantitative estimate of drug-likeness (QED) is 0.894. The molecule has 1 aliphatic heterocycles. The molecule has 1 amide bonds. The minimum atomic E-state index is -0.318. The van der Waals surface area contributed by atoms with Crippen LogP contribution in [0.3, 0.4) is 0 Å². The molecule has 0 aromatic carbocycles. The third-order valence-corrected chi connectivity index (χ3v) is 4.07. The van der Waals surface area contributed by atoms with E-state index in [9.17, 15) is 9.59 Å². The van der Waals surface area contributed by atoms with Crippen LogP contribution in [0.25, 0.3) is 0 Å². The van der Waals surface area contributed by atoms with Crippen molar-refractivity contribution in [2.24, 2.45) is 0 Å². The maximum atomic E-state index is 12.2. The van der Waals surface area contributed by atoms with E-state index in [1.165, 1.54) is 4.68 Å². The molecule has 0 spiro atoms. The summed E-state index contributed by atoms with van der Waals surface area (Å²) in [6.07, 6.45) is 3.92. The Hall–Kier alpha value is -2.03. The molecule has 1 N–H and O–H groups in total. The van der Waals surface area contributed by atoms with Crippen molar-refractivity contribution >= 4 is 22.6 Å². The van der Waals surface area contributed by atoms with Crippen molar-refractivity contribution in [1.82, 2.24) is 23.7 Å². The Balaban J connectivity index is 1.73.